The number of aromatic nitrogens is 3. The fourth-order valence-corrected chi connectivity index (χ4v) is 3.61. The van der Waals surface area contributed by atoms with Crippen molar-refractivity contribution in [1.82, 2.24) is 14.6 Å². The molecular formula is C22H15Cl2N3O3. The Kier molecular flexibility index (Phi) is 5.27. The largest absolute Gasteiger partial charge is 0.507 e. The molecule has 0 bridgehead atoms. The van der Waals surface area contributed by atoms with Crippen molar-refractivity contribution in [2.24, 2.45) is 0 Å². The summed E-state index contributed by atoms with van der Waals surface area (Å²) >= 11 is 12.2. The van der Waals surface area contributed by atoms with Crippen molar-refractivity contribution in [1.29, 1.82) is 0 Å². The summed E-state index contributed by atoms with van der Waals surface area (Å²) in [6.07, 6.45) is 0. The number of halogens is 2. The van der Waals surface area contributed by atoms with Gasteiger partial charge < -0.3 is 15.2 Å². The molecule has 0 aliphatic heterocycles. The molecule has 0 radical (unpaired) electrons. The maximum Gasteiger partial charge on any atom is 0.251 e. The first kappa shape index (κ1) is 20.0. The van der Waals surface area contributed by atoms with Gasteiger partial charge in [0.15, 0.2) is 0 Å². The monoisotopic (exact) mass is 439 g/mol. The highest BCUT2D eigenvalue weighted by Crippen LogP contribution is 2.35. The van der Waals surface area contributed by atoms with E-state index in [1.54, 1.807) is 34.8 Å². The van der Waals surface area contributed by atoms with E-state index in [-0.39, 0.29) is 17.9 Å². The topological polar surface area (TPSA) is 90.6 Å². The third-order valence-electron chi connectivity index (χ3n) is 4.59. The summed E-state index contributed by atoms with van der Waals surface area (Å²) in [6, 6.07) is 11.4. The summed E-state index contributed by atoms with van der Waals surface area (Å²) in [4.78, 5) is 15.3. The molecule has 0 atom stereocenters. The molecular weight excluding hydrogens is 425 g/mol. The summed E-state index contributed by atoms with van der Waals surface area (Å²) in [5, 5.41) is 24.8. The van der Waals surface area contributed by atoms with Crippen LogP contribution < -0.4 is 5.56 Å². The average Bonchev–Trinajstić information content (AvgIpc) is 3.04. The average molecular weight is 440 g/mol. The summed E-state index contributed by atoms with van der Waals surface area (Å²) in [5.41, 5.74) is 3.63. The van der Waals surface area contributed by atoms with Crippen molar-refractivity contribution >= 4 is 28.8 Å². The SMILES string of the molecule is Cc1nn2c(-c3ccc(C#CCO)cc3O)cc(=O)[nH]c2c1-c1ccc(Cl)c(Cl)c1. The molecule has 0 aliphatic carbocycles. The van der Waals surface area contributed by atoms with Crippen molar-refractivity contribution in [3.8, 4) is 40.0 Å². The van der Waals surface area contributed by atoms with Gasteiger partial charge in [-0.3, -0.25) is 4.79 Å². The molecule has 0 fully saturated rings. The molecule has 0 spiro atoms. The van der Waals surface area contributed by atoms with Crippen LogP contribution in [0.25, 0.3) is 28.0 Å². The standard InChI is InChI=1S/C22H15Cl2N3O3/c1-12-21(14-5-7-16(23)17(24)10-14)22-25-20(30)11-18(27(22)26-12)15-6-4-13(3-2-8-28)9-19(15)29/h4-7,9-11,28-29H,8H2,1H3,(H,25,30). The number of aliphatic hydroxyl groups excluding tert-OH is 1. The van der Waals surface area contributed by atoms with Crippen LogP contribution in [0.2, 0.25) is 10.0 Å². The second-order valence-corrected chi connectivity index (χ2v) is 7.37. The molecule has 2 aromatic carbocycles. The highest BCUT2D eigenvalue weighted by molar-refractivity contribution is 6.42. The van der Waals surface area contributed by atoms with E-state index < -0.39 is 0 Å². The predicted molar refractivity (Wildman–Crippen MR) is 117 cm³/mol. The molecule has 2 heterocycles. The normalized spacial score (nSPS) is 10.8. The quantitative estimate of drug-likeness (QED) is 0.411. The Hall–Kier alpha value is -3.24. The molecule has 0 saturated carbocycles. The van der Waals surface area contributed by atoms with Crippen LogP contribution in [0.5, 0.6) is 5.75 Å². The van der Waals surface area contributed by atoms with Crippen LogP contribution in [0.3, 0.4) is 0 Å². The lowest BCUT2D eigenvalue weighted by molar-refractivity contribution is 0.350. The van der Waals surface area contributed by atoms with E-state index >= 15 is 0 Å². The number of fused-ring (bicyclic) bond motifs is 1. The zero-order chi connectivity index (χ0) is 21.4. The Morgan fingerprint density at radius 3 is 2.63 bits per heavy atom. The van der Waals surface area contributed by atoms with Gasteiger partial charge >= 0.3 is 0 Å². The van der Waals surface area contributed by atoms with Gasteiger partial charge in [0.1, 0.15) is 18.0 Å². The van der Waals surface area contributed by atoms with Crippen molar-refractivity contribution in [3.63, 3.8) is 0 Å². The fraction of sp³-hybridized carbons (Fsp3) is 0.0909. The van der Waals surface area contributed by atoms with Gasteiger partial charge in [-0.15, -0.1) is 0 Å². The first-order chi connectivity index (χ1) is 14.4. The number of aromatic hydroxyl groups is 1. The molecule has 0 amide bonds. The Labute approximate surface area is 181 Å². The number of hydrogen-bond donors (Lipinski definition) is 3. The number of benzene rings is 2. The fourth-order valence-electron chi connectivity index (χ4n) is 3.31. The van der Waals surface area contributed by atoms with Crippen LogP contribution in [0.4, 0.5) is 0 Å². The summed E-state index contributed by atoms with van der Waals surface area (Å²) in [6.45, 7) is 1.54. The number of nitrogens with one attached hydrogen (secondary N) is 1. The van der Waals surface area contributed by atoms with Crippen LogP contribution >= 0.6 is 23.2 Å². The Balaban J connectivity index is 1.95. The van der Waals surface area contributed by atoms with E-state index in [4.69, 9.17) is 28.3 Å². The number of hydrogen-bond acceptors (Lipinski definition) is 4. The van der Waals surface area contributed by atoms with Gasteiger partial charge in [-0.1, -0.05) is 41.1 Å². The highest BCUT2D eigenvalue weighted by atomic mass is 35.5. The Morgan fingerprint density at radius 1 is 1.13 bits per heavy atom. The minimum absolute atomic E-state index is 0.0594. The van der Waals surface area contributed by atoms with Crippen molar-refractivity contribution in [3.05, 3.63) is 74.1 Å². The number of nitrogens with zero attached hydrogens (tertiary/aromatic N) is 2. The van der Waals surface area contributed by atoms with Crippen molar-refractivity contribution < 1.29 is 10.2 Å². The van der Waals surface area contributed by atoms with E-state index in [0.717, 1.165) is 5.56 Å². The zero-order valence-corrected chi connectivity index (χ0v) is 17.2. The van der Waals surface area contributed by atoms with Crippen molar-refractivity contribution in [2.45, 2.75) is 6.92 Å². The van der Waals surface area contributed by atoms with E-state index in [9.17, 15) is 9.90 Å². The lowest BCUT2D eigenvalue weighted by Gasteiger charge is -2.08. The molecule has 3 N–H and O–H groups in total. The second-order valence-electron chi connectivity index (χ2n) is 6.56. The third-order valence-corrected chi connectivity index (χ3v) is 5.33. The summed E-state index contributed by atoms with van der Waals surface area (Å²) in [5.74, 6) is 5.20. The number of rotatable bonds is 2. The van der Waals surface area contributed by atoms with Gasteiger partial charge in [-0.2, -0.15) is 5.10 Å². The minimum atomic E-state index is -0.345. The lowest BCUT2D eigenvalue weighted by atomic mass is 10.1. The Bertz CT molecular complexity index is 1410. The lowest BCUT2D eigenvalue weighted by Crippen LogP contribution is -2.10. The van der Waals surface area contributed by atoms with Crippen LogP contribution in [0, 0.1) is 18.8 Å². The number of aryl methyl sites for hydroxylation is 1. The molecule has 0 saturated heterocycles. The number of aliphatic hydroxyl groups is 1. The molecule has 4 aromatic rings. The first-order valence-electron chi connectivity index (χ1n) is 8.90. The number of phenols is 1. The van der Waals surface area contributed by atoms with Crippen LogP contribution in [-0.2, 0) is 0 Å². The molecule has 6 nitrogen and oxygen atoms in total. The van der Waals surface area contributed by atoms with Gasteiger partial charge in [0.2, 0.25) is 0 Å². The van der Waals surface area contributed by atoms with Gasteiger partial charge in [0.25, 0.3) is 5.56 Å². The summed E-state index contributed by atoms with van der Waals surface area (Å²) < 4.78 is 1.57. The molecule has 150 valence electrons. The second kappa shape index (κ2) is 7.88. The number of H-pyrrole nitrogens is 1. The molecule has 30 heavy (non-hydrogen) atoms. The van der Waals surface area contributed by atoms with Gasteiger partial charge in [0.05, 0.1) is 21.4 Å². The molecule has 4 rings (SSSR count). The van der Waals surface area contributed by atoms with Crippen LogP contribution in [0.15, 0.2) is 47.3 Å². The van der Waals surface area contributed by atoms with Gasteiger partial charge in [-0.25, -0.2) is 4.52 Å². The summed E-state index contributed by atoms with van der Waals surface area (Å²) in [7, 11) is 0. The Morgan fingerprint density at radius 2 is 1.93 bits per heavy atom. The molecule has 0 aliphatic rings. The molecule has 0 unspecified atom stereocenters. The first-order valence-corrected chi connectivity index (χ1v) is 9.66. The van der Waals surface area contributed by atoms with Crippen molar-refractivity contribution in [2.75, 3.05) is 6.61 Å². The van der Waals surface area contributed by atoms with E-state index in [1.165, 1.54) is 12.1 Å². The minimum Gasteiger partial charge on any atom is -0.507 e. The van der Waals surface area contributed by atoms with E-state index in [2.05, 4.69) is 21.9 Å². The van der Waals surface area contributed by atoms with E-state index in [0.29, 0.717) is 43.8 Å². The maximum absolute atomic E-state index is 12.4. The smallest absolute Gasteiger partial charge is 0.251 e. The maximum atomic E-state index is 12.4. The molecule has 2 aromatic heterocycles. The number of phenolic OH excluding ortho intramolecular Hbond substituents is 1. The van der Waals surface area contributed by atoms with E-state index in [1.807, 2.05) is 6.92 Å². The van der Waals surface area contributed by atoms with Crippen LogP contribution in [0.1, 0.15) is 11.3 Å². The van der Waals surface area contributed by atoms with Crippen LogP contribution in [-0.4, -0.2) is 31.4 Å². The van der Waals surface area contributed by atoms with Gasteiger partial charge in [0, 0.05) is 22.8 Å². The van der Waals surface area contributed by atoms with Gasteiger partial charge in [-0.05, 0) is 42.8 Å². The highest BCUT2D eigenvalue weighted by Gasteiger charge is 2.18. The molecule has 8 heteroatoms. The zero-order valence-electron chi connectivity index (χ0n) is 15.7. The third kappa shape index (κ3) is 3.55. The predicted octanol–water partition coefficient (Wildman–Crippen LogP) is 4.02. The number of aromatic amines is 1.